The number of hydrogen-bond donors (Lipinski definition) is 5. The van der Waals surface area contributed by atoms with Crippen LogP contribution in [0.1, 0.15) is 114 Å². The number of rotatable bonds is 17. The number of amides is 6. The number of carbonyl (C=O) groups excluding carboxylic acids is 8. The zero-order valence-electron chi connectivity index (χ0n) is 65.1. The van der Waals surface area contributed by atoms with Gasteiger partial charge in [0, 0.05) is 93.2 Å². The highest BCUT2D eigenvalue weighted by Crippen LogP contribution is 2.51. The van der Waals surface area contributed by atoms with Crippen molar-refractivity contribution < 1.29 is 97.3 Å². The van der Waals surface area contributed by atoms with Crippen molar-refractivity contribution in [2.75, 3.05) is 77.9 Å². The highest BCUT2D eigenvalue weighted by molar-refractivity contribution is 8.76. The summed E-state index contributed by atoms with van der Waals surface area (Å²) < 4.78 is 64.1. The molecular formula is C76H103Cl2N7O20S3. The van der Waals surface area contributed by atoms with Crippen molar-refractivity contribution in [3.8, 4) is 11.5 Å². The number of benzene rings is 2. The van der Waals surface area contributed by atoms with Crippen LogP contribution >= 0.6 is 57.4 Å². The molecule has 0 saturated carbocycles. The molecule has 0 radical (unpaired) electrons. The molecule has 7 heterocycles. The molecule has 6 aliphatic heterocycles. The van der Waals surface area contributed by atoms with Gasteiger partial charge in [-0.2, -0.15) is 12.6 Å². The van der Waals surface area contributed by atoms with Crippen molar-refractivity contribution in [1.29, 1.82) is 0 Å². The summed E-state index contributed by atoms with van der Waals surface area (Å²) in [6, 6.07) is 10.8. The quantitative estimate of drug-likeness (QED) is 0.0209. The molecule has 1 aromatic heterocycles. The smallest absolute Gasteiger partial charge is 0.409 e. The van der Waals surface area contributed by atoms with Gasteiger partial charge in [0.25, 0.3) is 0 Å². The lowest BCUT2D eigenvalue weighted by Gasteiger charge is -2.42. The number of allylic oxidation sites excluding steroid dienone is 6. The van der Waals surface area contributed by atoms with Crippen molar-refractivity contribution in [3.63, 3.8) is 0 Å². The van der Waals surface area contributed by atoms with E-state index in [1.165, 1.54) is 98.0 Å². The molecule has 9 rings (SSSR count). The van der Waals surface area contributed by atoms with Gasteiger partial charge < -0.3 is 77.2 Å². The number of fused-ring (bicyclic) bond motifs is 10. The first-order valence-corrected chi connectivity index (χ1v) is 38.7. The van der Waals surface area contributed by atoms with Crippen LogP contribution in [0.2, 0.25) is 10.0 Å². The van der Waals surface area contributed by atoms with Gasteiger partial charge in [0.1, 0.15) is 86.5 Å². The number of thiol groups is 1. The molecule has 0 aliphatic carbocycles. The van der Waals surface area contributed by atoms with Gasteiger partial charge >= 0.3 is 24.1 Å². The molecular weight excluding hydrogens is 1500 g/mol. The summed E-state index contributed by atoms with van der Waals surface area (Å²) in [6.45, 7) is 14.0. The monoisotopic (exact) mass is 1600 g/mol. The Morgan fingerprint density at radius 3 is 1.51 bits per heavy atom. The molecule has 6 aliphatic rings. The number of halogens is 2. The van der Waals surface area contributed by atoms with Gasteiger partial charge in [-0.05, 0) is 118 Å². The van der Waals surface area contributed by atoms with Crippen LogP contribution in [0.5, 0.6) is 11.5 Å². The van der Waals surface area contributed by atoms with E-state index < -0.39 is 131 Å². The van der Waals surface area contributed by atoms with Gasteiger partial charge in [-0.25, -0.2) is 24.2 Å². The van der Waals surface area contributed by atoms with Gasteiger partial charge in [0.15, 0.2) is 11.4 Å². The molecule has 6 amide bonds. The molecule has 16 atom stereocenters. The number of hydrogen-bond acceptors (Lipinski definition) is 24. The second-order valence-electron chi connectivity index (χ2n) is 28.1. The summed E-state index contributed by atoms with van der Waals surface area (Å²) in [5.41, 5.74) is -1.84. The number of aromatic nitrogens is 1. The Hall–Kier alpha value is -7.10. The predicted octanol–water partition coefficient (Wildman–Crippen LogP) is 10.2. The average molecular weight is 1600 g/mol. The molecule has 8 bridgehead atoms. The summed E-state index contributed by atoms with van der Waals surface area (Å²) in [6.07, 6.45) is 3.84. The zero-order chi connectivity index (χ0) is 80.8. The molecule has 594 valence electrons. The first-order chi connectivity index (χ1) is 51.5. The van der Waals surface area contributed by atoms with Crippen LogP contribution < -0.4 is 29.9 Å². The molecule has 4 N–H and O–H groups in total. The number of ether oxygens (including phenoxy) is 10. The van der Waals surface area contributed by atoms with Crippen LogP contribution in [0.4, 0.5) is 21.0 Å². The summed E-state index contributed by atoms with van der Waals surface area (Å²) in [4.78, 5) is 117. The molecule has 3 aromatic rings. The number of aliphatic hydroxyl groups is 2. The number of methoxy groups -OCH3 is 4. The average Bonchev–Trinajstić information content (AvgIpc) is 1.58. The van der Waals surface area contributed by atoms with E-state index in [0.717, 1.165) is 27.3 Å². The molecule has 0 spiro atoms. The minimum absolute atomic E-state index is 0.0489. The Bertz CT molecular complexity index is 3910. The molecule has 4 saturated heterocycles. The van der Waals surface area contributed by atoms with Crippen LogP contribution in [0.3, 0.4) is 0 Å². The van der Waals surface area contributed by atoms with E-state index in [0.29, 0.717) is 47.2 Å². The second kappa shape index (κ2) is 37.7. The predicted molar refractivity (Wildman–Crippen MR) is 414 cm³/mol. The molecule has 4 fully saturated rings. The summed E-state index contributed by atoms with van der Waals surface area (Å²) in [7, 11) is 16.2. The summed E-state index contributed by atoms with van der Waals surface area (Å²) in [5.74, 6) is -2.41. The second-order valence-corrected chi connectivity index (χ2v) is 31.7. The number of alkyl carbamates (subject to hydrolysis) is 2. The van der Waals surface area contributed by atoms with Crippen molar-refractivity contribution in [2.24, 2.45) is 11.8 Å². The largest absolute Gasteiger partial charge is 0.495 e. The highest BCUT2D eigenvalue weighted by atomic mass is 35.5. The number of likely N-dealkylation sites (N-methyl/N-ethyl adjacent to an activating group) is 2. The lowest BCUT2D eigenvalue weighted by Crippen LogP contribution is -2.63. The molecule has 2 aromatic carbocycles. The lowest BCUT2D eigenvalue weighted by atomic mass is 9.83. The fourth-order valence-corrected chi connectivity index (χ4v) is 16.2. The fraction of sp³-hybridized carbons (Fsp3) is 0.566. The minimum Gasteiger partial charge on any atom is -0.495 e. The van der Waals surface area contributed by atoms with E-state index >= 15 is 0 Å². The fourth-order valence-electron chi connectivity index (χ4n) is 13.5. The van der Waals surface area contributed by atoms with Crippen LogP contribution in [0, 0.1) is 11.8 Å². The SMILES string of the molecule is COc1cc2cc(c1Cl)N(C)C(=O)C[C@H](OC(=O)[C@H](C)N(C)C(=O)CCS)[C@]1(C)O[C@H]1[C@H](C)[C@@H]1C[C@@](O)(NC(=O)O1)[C@H](OC)/C=C/C=C(\C)C2.COc1cc2cc(c1Cl)N(C)C(=O)C[C@H](OC(=O)[C@H](C)N(C)C(=O)CCSSc1ccccn1)[C@]1(C)O[C@H]1[C@H](C)[C@@H]1C[C@@](O)(NC(=O)O1)[C@H](OC)/C=C/C=C(\C)C2.[2H]C. The third-order valence-electron chi connectivity index (χ3n) is 20.6. The number of anilines is 2. The number of carbonyl (C=O) groups is 8. The van der Waals surface area contributed by atoms with Crippen molar-refractivity contribution in [2.45, 2.75) is 203 Å². The third kappa shape index (κ3) is 20.9. The van der Waals surface area contributed by atoms with Gasteiger partial charge in [-0.3, -0.25) is 29.8 Å². The Kier molecular flexibility index (Phi) is 30.2. The number of nitrogens with zero attached hydrogens (tertiary/aromatic N) is 5. The summed E-state index contributed by atoms with van der Waals surface area (Å²) in [5, 5.41) is 29.8. The zero-order valence-corrected chi connectivity index (χ0v) is 68.1. The highest BCUT2D eigenvalue weighted by Gasteiger charge is 2.66. The number of epoxide rings is 2. The van der Waals surface area contributed by atoms with Crippen molar-refractivity contribution in [3.05, 3.63) is 117 Å². The van der Waals surface area contributed by atoms with E-state index in [4.69, 9.17) is 71.9 Å². The van der Waals surface area contributed by atoms with Crippen LogP contribution in [0.25, 0.3) is 0 Å². The topological polar surface area (TPSA) is 326 Å². The first kappa shape index (κ1) is 86.5. The minimum atomic E-state index is -1.83. The number of nitrogens with one attached hydrogen (secondary N) is 2. The van der Waals surface area contributed by atoms with Gasteiger partial charge in [0.05, 0.1) is 50.6 Å². The first-order valence-electron chi connectivity index (χ1n) is 36.0. The maximum Gasteiger partial charge on any atom is 0.409 e. The Morgan fingerprint density at radius 1 is 0.713 bits per heavy atom. The Labute approximate surface area is 656 Å². The molecule has 108 heavy (non-hydrogen) atoms. The lowest BCUT2D eigenvalue weighted by molar-refractivity contribution is -0.162. The normalized spacial score (nSPS) is 30.7. The van der Waals surface area contributed by atoms with Crippen LogP contribution in [-0.2, 0) is 79.5 Å². The van der Waals surface area contributed by atoms with E-state index in [2.05, 4.69) is 28.2 Å². The molecule has 32 heteroatoms. The maximum absolute atomic E-state index is 14.2. The van der Waals surface area contributed by atoms with E-state index in [9.17, 15) is 48.6 Å². The standard InChI is InChI=1S/C40H51ClN4O10S2.C35H48ClN3O10S.CH4/c1-23-12-11-13-30(52-8)40(50)22-29(53-38(49)43-40)24(2)36-39(4,55-36)31(21-34(47)45(6)27-19-26(18-23)20-28(51-7)35(27)41)54-37(48)25(3)44(5)33(46)15-17-56-57-32-14-9-10-16-42-32;1-19-10-9-11-26(46-8)35(44)18-25(47-33(43)37-35)20(2)31-34(4,49-31)27(48-32(42)21(3)38(5)28(40)12-13-50)17-29(41)39(6)23-15-22(14-19)16-24(45-7)30(23)36;/h9-14,16,19-20,24-25,29-31,36,50H,15,17-18,21-22H2,1-8H3,(H,43,49);9-11,15-16,20-21,25-27,31,44,50H,12-14,17-18H2,1-8H3,(H,37,43);1H4/b13-11+,23-12+;11-9+,19-10+;/t24-,25+,29+,30-,31+,36+,39+,40+;20-,21+,25+,26-,27+,31+,34+,35+;/m11./s1/i;;1D. The van der Waals surface area contributed by atoms with Crippen LogP contribution in [-0.4, -0.2) is 224 Å². The number of esters is 2. The molecule has 27 nitrogen and oxygen atoms in total. The number of pyridine rings is 1. The van der Waals surface area contributed by atoms with Gasteiger partial charge in [-0.1, -0.05) is 109 Å². The third-order valence-corrected chi connectivity index (χ3v) is 23.8. The van der Waals surface area contributed by atoms with Gasteiger partial charge in [-0.15, -0.1) is 0 Å². The maximum atomic E-state index is 14.2. The van der Waals surface area contributed by atoms with Gasteiger partial charge in [0.2, 0.25) is 23.6 Å². The Morgan fingerprint density at radius 2 is 1.13 bits per heavy atom. The van der Waals surface area contributed by atoms with E-state index in [1.807, 2.05) is 44.2 Å². The summed E-state index contributed by atoms with van der Waals surface area (Å²) >= 11 is 17.6. The Balaban J connectivity index is 0.000000299. The van der Waals surface area contributed by atoms with E-state index in [-0.39, 0.29) is 60.4 Å². The molecule has 0 unspecified atom stereocenters. The van der Waals surface area contributed by atoms with Crippen LogP contribution in [0.15, 0.2) is 101 Å². The van der Waals surface area contributed by atoms with Crippen molar-refractivity contribution >= 4 is 117 Å². The van der Waals surface area contributed by atoms with E-state index in [1.54, 1.807) is 103 Å². The van der Waals surface area contributed by atoms with Crippen molar-refractivity contribution in [1.82, 2.24) is 25.4 Å².